The van der Waals surface area contributed by atoms with Crippen LogP contribution >= 0.6 is 0 Å². The summed E-state index contributed by atoms with van der Waals surface area (Å²) in [6.45, 7) is 0.212. The predicted molar refractivity (Wildman–Crippen MR) is 108 cm³/mol. The van der Waals surface area contributed by atoms with E-state index in [1.165, 1.54) is 6.07 Å². The van der Waals surface area contributed by atoms with Gasteiger partial charge in [-0.25, -0.2) is 4.39 Å². The SMILES string of the molecule is N[C@@H](COCc1cccc(F)c1-c1ccccc1OCc1ccccc1)C(=O)O. The van der Waals surface area contributed by atoms with E-state index in [0.717, 1.165) is 5.56 Å². The quantitative estimate of drug-likeness (QED) is 0.572. The van der Waals surface area contributed by atoms with Crippen LogP contribution < -0.4 is 10.5 Å². The van der Waals surface area contributed by atoms with E-state index in [4.69, 9.17) is 20.3 Å². The average Bonchev–Trinajstić information content (AvgIpc) is 2.73. The number of aliphatic carboxylic acids is 1. The second-order valence-electron chi connectivity index (χ2n) is 6.50. The van der Waals surface area contributed by atoms with Crippen LogP contribution in [0.25, 0.3) is 11.1 Å². The number of para-hydroxylation sites is 1. The first-order chi connectivity index (χ1) is 14.1. The summed E-state index contributed by atoms with van der Waals surface area (Å²) in [5, 5.41) is 8.86. The van der Waals surface area contributed by atoms with Crippen LogP contribution in [0.15, 0.2) is 72.8 Å². The Balaban J connectivity index is 1.83. The van der Waals surface area contributed by atoms with Gasteiger partial charge in [0.05, 0.1) is 13.2 Å². The molecule has 0 aliphatic heterocycles. The number of nitrogens with two attached hydrogens (primary N) is 1. The van der Waals surface area contributed by atoms with Crippen molar-refractivity contribution in [3.8, 4) is 16.9 Å². The number of hydrogen-bond acceptors (Lipinski definition) is 4. The molecule has 0 unspecified atom stereocenters. The first-order valence-corrected chi connectivity index (χ1v) is 9.16. The predicted octanol–water partition coefficient (Wildman–Crippen LogP) is 4.00. The van der Waals surface area contributed by atoms with Crippen molar-refractivity contribution in [1.82, 2.24) is 0 Å². The monoisotopic (exact) mass is 395 g/mol. The van der Waals surface area contributed by atoms with Crippen LogP contribution in [0, 0.1) is 5.82 Å². The van der Waals surface area contributed by atoms with E-state index in [1.807, 2.05) is 42.5 Å². The lowest BCUT2D eigenvalue weighted by Crippen LogP contribution is -2.34. The Morgan fingerprint density at radius 1 is 0.966 bits per heavy atom. The maximum Gasteiger partial charge on any atom is 0.322 e. The van der Waals surface area contributed by atoms with Gasteiger partial charge in [0.25, 0.3) is 0 Å². The third-order valence-corrected chi connectivity index (χ3v) is 4.37. The highest BCUT2D eigenvalue weighted by molar-refractivity contribution is 5.74. The smallest absolute Gasteiger partial charge is 0.322 e. The van der Waals surface area contributed by atoms with Crippen LogP contribution in [-0.2, 0) is 22.7 Å². The van der Waals surface area contributed by atoms with Gasteiger partial charge in [-0.1, -0.05) is 60.7 Å². The molecule has 0 aromatic heterocycles. The summed E-state index contributed by atoms with van der Waals surface area (Å²) in [6.07, 6.45) is 0. The van der Waals surface area contributed by atoms with Gasteiger partial charge in [-0.05, 0) is 23.3 Å². The molecule has 3 N–H and O–H groups in total. The van der Waals surface area contributed by atoms with Crippen molar-refractivity contribution in [3.05, 3.63) is 89.7 Å². The van der Waals surface area contributed by atoms with E-state index in [0.29, 0.717) is 29.0 Å². The van der Waals surface area contributed by atoms with Crippen LogP contribution in [-0.4, -0.2) is 23.7 Å². The van der Waals surface area contributed by atoms with Crippen molar-refractivity contribution in [2.45, 2.75) is 19.3 Å². The zero-order valence-electron chi connectivity index (χ0n) is 15.8. The summed E-state index contributed by atoms with van der Waals surface area (Å²) in [6, 6.07) is 20.5. The molecule has 0 radical (unpaired) electrons. The molecule has 5 nitrogen and oxygen atoms in total. The molecule has 0 saturated carbocycles. The fourth-order valence-corrected chi connectivity index (χ4v) is 2.89. The molecule has 3 aromatic carbocycles. The Hall–Kier alpha value is -3.22. The fourth-order valence-electron chi connectivity index (χ4n) is 2.89. The van der Waals surface area contributed by atoms with E-state index >= 15 is 0 Å². The lowest BCUT2D eigenvalue weighted by molar-refractivity contribution is -0.140. The van der Waals surface area contributed by atoms with E-state index in [2.05, 4.69) is 0 Å². The first kappa shape index (κ1) is 20.5. The molecule has 0 fully saturated rings. The molecule has 29 heavy (non-hydrogen) atoms. The fraction of sp³-hybridized carbons (Fsp3) is 0.174. The summed E-state index contributed by atoms with van der Waals surface area (Å²) in [5.41, 5.74) is 8.00. The number of halogens is 1. The minimum Gasteiger partial charge on any atom is -0.488 e. The van der Waals surface area contributed by atoms with Gasteiger partial charge in [0.1, 0.15) is 24.2 Å². The molecule has 0 spiro atoms. The number of hydrogen-bond donors (Lipinski definition) is 2. The van der Waals surface area contributed by atoms with Gasteiger partial charge in [0.2, 0.25) is 0 Å². The molecule has 0 aliphatic carbocycles. The van der Waals surface area contributed by atoms with E-state index < -0.39 is 17.8 Å². The highest BCUT2D eigenvalue weighted by atomic mass is 19.1. The van der Waals surface area contributed by atoms with Gasteiger partial charge in [0.15, 0.2) is 0 Å². The van der Waals surface area contributed by atoms with E-state index in [9.17, 15) is 9.18 Å². The zero-order valence-corrected chi connectivity index (χ0v) is 15.8. The molecule has 6 heteroatoms. The Kier molecular flexibility index (Phi) is 6.94. The molecule has 0 heterocycles. The topological polar surface area (TPSA) is 81.8 Å². The molecule has 0 saturated heterocycles. The van der Waals surface area contributed by atoms with Crippen molar-refractivity contribution in [1.29, 1.82) is 0 Å². The normalized spacial score (nSPS) is 11.8. The van der Waals surface area contributed by atoms with Crippen molar-refractivity contribution in [2.75, 3.05) is 6.61 Å². The van der Waals surface area contributed by atoms with Gasteiger partial charge in [-0.15, -0.1) is 0 Å². The first-order valence-electron chi connectivity index (χ1n) is 9.16. The number of carbonyl (C=O) groups is 1. The molecule has 3 rings (SSSR count). The van der Waals surface area contributed by atoms with Crippen LogP contribution in [0.2, 0.25) is 0 Å². The molecular weight excluding hydrogens is 373 g/mol. The summed E-state index contributed by atoms with van der Waals surface area (Å²) in [7, 11) is 0. The van der Waals surface area contributed by atoms with Crippen LogP contribution in [0.1, 0.15) is 11.1 Å². The molecule has 0 amide bonds. The molecule has 150 valence electrons. The lowest BCUT2D eigenvalue weighted by atomic mass is 9.98. The zero-order chi connectivity index (χ0) is 20.6. The molecular formula is C23H22FNO4. The van der Waals surface area contributed by atoms with Gasteiger partial charge < -0.3 is 20.3 Å². The highest BCUT2D eigenvalue weighted by Gasteiger charge is 2.17. The van der Waals surface area contributed by atoms with Crippen LogP contribution in [0.3, 0.4) is 0 Å². The molecule has 0 bridgehead atoms. The Morgan fingerprint density at radius 3 is 2.45 bits per heavy atom. The van der Waals surface area contributed by atoms with Gasteiger partial charge in [0, 0.05) is 11.1 Å². The summed E-state index contributed by atoms with van der Waals surface area (Å²) in [5.74, 6) is -1.02. The summed E-state index contributed by atoms with van der Waals surface area (Å²) < 4.78 is 26.1. The van der Waals surface area contributed by atoms with Crippen molar-refractivity contribution < 1.29 is 23.8 Å². The summed E-state index contributed by atoms with van der Waals surface area (Å²) in [4.78, 5) is 10.8. The van der Waals surface area contributed by atoms with Crippen molar-refractivity contribution >= 4 is 5.97 Å². The standard InChI is InChI=1S/C23H22FNO4/c24-19-11-6-9-17(14-28-15-20(25)23(26)27)22(19)18-10-4-5-12-21(18)29-13-16-7-2-1-3-8-16/h1-12,20H,13-15,25H2,(H,26,27)/t20-/m0/s1. The number of carboxylic acids is 1. The number of benzene rings is 3. The van der Waals surface area contributed by atoms with Crippen molar-refractivity contribution in [2.24, 2.45) is 5.73 Å². The largest absolute Gasteiger partial charge is 0.488 e. The van der Waals surface area contributed by atoms with Crippen molar-refractivity contribution in [3.63, 3.8) is 0 Å². The minimum atomic E-state index is -1.15. The Bertz CT molecular complexity index is 962. The highest BCUT2D eigenvalue weighted by Crippen LogP contribution is 2.35. The number of ether oxygens (including phenoxy) is 2. The third-order valence-electron chi connectivity index (χ3n) is 4.37. The molecule has 1 atom stereocenters. The second-order valence-corrected chi connectivity index (χ2v) is 6.50. The van der Waals surface area contributed by atoms with Gasteiger partial charge >= 0.3 is 5.97 Å². The Morgan fingerprint density at radius 2 is 1.69 bits per heavy atom. The summed E-state index contributed by atoms with van der Waals surface area (Å²) >= 11 is 0. The second kappa shape index (κ2) is 9.82. The molecule has 3 aromatic rings. The number of rotatable bonds is 9. The maximum absolute atomic E-state index is 14.8. The minimum absolute atomic E-state index is 0.0289. The number of carboxylic acid groups (broad SMARTS) is 1. The van der Waals surface area contributed by atoms with Gasteiger partial charge in [-0.2, -0.15) is 0 Å². The third kappa shape index (κ3) is 5.40. The molecule has 0 aliphatic rings. The van der Waals surface area contributed by atoms with Crippen LogP contribution in [0.4, 0.5) is 4.39 Å². The Labute approximate surface area is 168 Å². The lowest BCUT2D eigenvalue weighted by Gasteiger charge is -2.16. The van der Waals surface area contributed by atoms with Gasteiger partial charge in [-0.3, -0.25) is 4.79 Å². The average molecular weight is 395 g/mol. The van der Waals surface area contributed by atoms with E-state index in [1.54, 1.807) is 24.3 Å². The van der Waals surface area contributed by atoms with Crippen LogP contribution in [0.5, 0.6) is 5.75 Å². The maximum atomic E-state index is 14.8. The van der Waals surface area contributed by atoms with E-state index in [-0.39, 0.29) is 13.2 Å².